The van der Waals surface area contributed by atoms with Crippen LogP contribution in [0.5, 0.6) is 0 Å². The van der Waals surface area contributed by atoms with E-state index in [0.717, 1.165) is 6.92 Å². The van der Waals surface area contributed by atoms with Gasteiger partial charge in [0.2, 0.25) is 0 Å². The number of aliphatic hydroxyl groups is 3. The van der Waals surface area contributed by atoms with E-state index in [1.54, 1.807) is 0 Å². The molecule has 3 N–H and O–H groups in total. The van der Waals surface area contributed by atoms with Crippen molar-refractivity contribution in [3.05, 3.63) is 0 Å². The molecule has 5 nitrogen and oxygen atoms in total. The van der Waals surface area contributed by atoms with E-state index in [1.807, 2.05) is 0 Å². The lowest BCUT2D eigenvalue weighted by molar-refractivity contribution is -0.160. The molecule has 0 aromatic rings. The van der Waals surface area contributed by atoms with Gasteiger partial charge in [-0.25, -0.2) is 0 Å². The highest BCUT2D eigenvalue weighted by Gasteiger charge is 2.40. The molecule has 0 aromatic carbocycles. The van der Waals surface area contributed by atoms with Crippen LogP contribution >= 0.6 is 0 Å². The molecule has 0 bridgehead atoms. The van der Waals surface area contributed by atoms with Crippen molar-refractivity contribution in [2.45, 2.75) is 24.7 Å². The zero-order valence-electron chi connectivity index (χ0n) is 6.89. The van der Waals surface area contributed by atoms with Crippen molar-refractivity contribution in [2.75, 3.05) is 0 Å². The van der Waals surface area contributed by atoms with Gasteiger partial charge in [0, 0.05) is 0 Å². The van der Waals surface area contributed by atoms with Gasteiger partial charge < -0.3 is 20.1 Å². The van der Waals surface area contributed by atoms with Crippen molar-refractivity contribution in [1.82, 2.24) is 0 Å². The van der Waals surface area contributed by atoms with Crippen LogP contribution in [0.3, 0.4) is 0 Å². The maximum Gasteiger partial charge on any atom is 0.178 e. The normalized spacial score (nSPS) is 22.7. The topological polar surface area (TPSA) is 94.8 Å². The van der Waals surface area contributed by atoms with Gasteiger partial charge in [-0.3, -0.25) is 4.79 Å². The smallest absolute Gasteiger partial charge is 0.178 e. The third-order valence-corrected chi connectivity index (χ3v) is 1.38. The zero-order chi connectivity index (χ0) is 9.94. The summed E-state index contributed by atoms with van der Waals surface area (Å²) in [6.07, 6.45) is -5.47. The van der Waals surface area contributed by atoms with E-state index in [-0.39, 0.29) is 6.29 Å². The molecule has 0 spiro atoms. The Bertz CT molecular complexity index is 192. The average molecular weight is 163 g/mol. The van der Waals surface area contributed by atoms with Crippen LogP contribution in [0.1, 0.15) is 8.29 Å². The molecule has 0 radical (unpaired) electrons. The molecular weight excluding hydrogens is 152 g/mol. The third kappa shape index (κ3) is 1.83. The Kier molecular flexibility index (Phi) is 2.70. The van der Waals surface area contributed by atoms with Crippen LogP contribution in [-0.2, 0) is 9.59 Å². The average Bonchev–Trinajstić information content (AvgIpc) is 2.00. The molecule has 0 heterocycles. The molecule has 5 heteroatoms. The fourth-order valence-corrected chi connectivity index (χ4v) is 0.497. The monoisotopic (exact) mass is 163 g/mol. The number of carbonyl (C=O) groups excluding carboxylic acids is 2. The second kappa shape index (κ2) is 3.56. The molecule has 64 valence electrons. The maximum atomic E-state index is 10.4. The molecule has 0 rings (SSSR count). The molecule has 0 aliphatic carbocycles. The zero-order valence-corrected chi connectivity index (χ0v) is 5.89. The molecular formula is C6H10O5. The van der Waals surface area contributed by atoms with E-state index in [1.165, 1.54) is 0 Å². The summed E-state index contributed by atoms with van der Waals surface area (Å²) in [5.74, 6) is 0. The van der Waals surface area contributed by atoms with Crippen LogP contribution in [-0.4, -0.2) is 45.7 Å². The Balaban J connectivity index is 4.86. The van der Waals surface area contributed by atoms with Gasteiger partial charge in [-0.05, 0) is 6.92 Å². The van der Waals surface area contributed by atoms with E-state index >= 15 is 0 Å². The molecule has 0 aliphatic heterocycles. The molecule has 0 saturated heterocycles. The Morgan fingerprint density at radius 2 is 2.00 bits per heavy atom. The van der Waals surface area contributed by atoms with Crippen LogP contribution < -0.4 is 0 Å². The predicted octanol–water partition coefficient (Wildman–Crippen LogP) is -2.14. The van der Waals surface area contributed by atoms with E-state index in [9.17, 15) is 9.59 Å². The van der Waals surface area contributed by atoms with Gasteiger partial charge in [0.1, 0.15) is 7.47 Å². The van der Waals surface area contributed by atoms with Crippen LogP contribution in [0.15, 0.2) is 0 Å². The van der Waals surface area contributed by atoms with Crippen LogP contribution in [0.4, 0.5) is 0 Å². The highest BCUT2D eigenvalue weighted by Crippen LogP contribution is 2.11. The number of aliphatic hydroxyl groups excluding tert-OH is 2. The summed E-state index contributed by atoms with van der Waals surface area (Å²) in [5, 5.41) is 26.8. The van der Waals surface area contributed by atoms with Gasteiger partial charge in [-0.15, -0.1) is 0 Å². The standard InChI is InChI=1S/C6H10O5/c1-4(9)6(11,3-8)5(10)2-7/h2-5,9-11H,1H3/t4-,5-,6+/m1/s1/i3D. The summed E-state index contributed by atoms with van der Waals surface area (Å²) in [4.78, 5) is 20.4. The van der Waals surface area contributed by atoms with Gasteiger partial charge in [-0.2, -0.15) is 0 Å². The molecule has 0 amide bonds. The number of carbonyl (C=O) groups is 2. The number of hydrogen-bond acceptors (Lipinski definition) is 5. The summed E-state index contributed by atoms with van der Waals surface area (Å²) in [6.45, 7) is 0.999. The summed E-state index contributed by atoms with van der Waals surface area (Å²) in [7, 11) is 0. The van der Waals surface area contributed by atoms with Gasteiger partial charge in [-0.1, -0.05) is 0 Å². The summed E-state index contributed by atoms with van der Waals surface area (Å²) in [6, 6.07) is 0. The molecule has 11 heavy (non-hydrogen) atoms. The molecule has 0 unspecified atom stereocenters. The highest BCUT2D eigenvalue weighted by molar-refractivity contribution is 5.73. The first-order valence-corrected chi connectivity index (χ1v) is 2.92. The minimum Gasteiger partial charge on any atom is -0.390 e. The van der Waals surface area contributed by atoms with Crippen LogP contribution in [0.25, 0.3) is 0 Å². The van der Waals surface area contributed by atoms with Crippen LogP contribution in [0, 0.1) is 0 Å². The van der Waals surface area contributed by atoms with Crippen molar-refractivity contribution in [3.8, 4) is 0 Å². The predicted molar refractivity (Wildman–Crippen MR) is 34.8 cm³/mol. The lowest BCUT2D eigenvalue weighted by Crippen LogP contribution is -2.53. The van der Waals surface area contributed by atoms with Crippen molar-refractivity contribution in [1.29, 1.82) is 0 Å². The van der Waals surface area contributed by atoms with Crippen molar-refractivity contribution < 1.29 is 26.3 Å². The van der Waals surface area contributed by atoms with Gasteiger partial charge >= 0.3 is 0 Å². The molecule has 0 aliphatic rings. The minimum absolute atomic E-state index is 0.112. The van der Waals surface area contributed by atoms with Gasteiger partial charge in [0.25, 0.3) is 0 Å². The largest absolute Gasteiger partial charge is 0.390 e. The second-order valence-corrected chi connectivity index (χ2v) is 2.18. The van der Waals surface area contributed by atoms with Gasteiger partial charge in [0.05, 0.1) is 6.10 Å². The Morgan fingerprint density at radius 3 is 2.09 bits per heavy atom. The highest BCUT2D eigenvalue weighted by atomic mass is 16.4. The van der Waals surface area contributed by atoms with E-state index in [2.05, 4.69) is 0 Å². The number of rotatable bonds is 4. The first kappa shape index (κ1) is 8.32. The van der Waals surface area contributed by atoms with Crippen molar-refractivity contribution in [3.63, 3.8) is 0 Å². The van der Waals surface area contributed by atoms with Crippen molar-refractivity contribution in [2.24, 2.45) is 0 Å². The molecule has 0 saturated carbocycles. The van der Waals surface area contributed by atoms with Crippen molar-refractivity contribution >= 4 is 12.5 Å². The fraction of sp³-hybridized carbons (Fsp3) is 0.667. The second-order valence-electron chi connectivity index (χ2n) is 2.18. The van der Waals surface area contributed by atoms with E-state index < -0.39 is 24.1 Å². The maximum absolute atomic E-state index is 10.4. The Hall–Kier alpha value is -0.780. The van der Waals surface area contributed by atoms with Gasteiger partial charge in [0.15, 0.2) is 18.1 Å². The van der Waals surface area contributed by atoms with E-state index in [4.69, 9.17) is 16.7 Å². The number of aldehydes is 2. The fourth-order valence-electron chi connectivity index (χ4n) is 0.497. The minimum atomic E-state index is -2.72. The quantitative estimate of drug-likeness (QED) is 0.411. The first-order valence-electron chi connectivity index (χ1n) is 3.42. The first-order chi connectivity index (χ1) is 5.37. The summed E-state index contributed by atoms with van der Waals surface area (Å²) in [5.41, 5.74) is -2.72. The Morgan fingerprint density at radius 1 is 1.55 bits per heavy atom. The molecule has 3 atom stereocenters. The Labute approximate surface area is 64.7 Å². The SMILES string of the molecule is [2H]C(=O)[C@@](O)([C@H](O)C=O)[C@@H](C)O. The third-order valence-electron chi connectivity index (χ3n) is 1.38. The number of hydrogen-bond donors (Lipinski definition) is 3. The lowest BCUT2D eigenvalue weighted by atomic mass is 9.94. The lowest BCUT2D eigenvalue weighted by Gasteiger charge is -2.26. The van der Waals surface area contributed by atoms with E-state index in [0.29, 0.717) is 0 Å². The molecule has 0 aromatic heterocycles. The molecule has 0 fully saturated rings. The van der Waals surface area contributed by atoms with Crippen LogP contribution in [0.2, 0.25) is 0 Å². The summed E-state index contributed by atoms with van der Waals surface area (Å²) >= 11 is 0. The summed E-state index contributed by atoms with van der Waals surface area (Å²) < 4.78 is 6.53.